The normalized spacial score (nSPS) is 13.1. The molecule has 104 valence electrons. The van der Waals surface area contributed by atoms with E-state index in [1.807, 2.05) is 17.4 Å². The fourth-order valence-electron chi connectivity index (χ4n) is 2.53. The van der Waals surface area contributed by atoms with Gasteiger partial charge in [0.15, 0.2) is 0 Å². The van der Waals surface area contributed by atoms with Gasteiger partial charge in [0.2, 0.25) is 0 Å². The predicted octanol–water partition coefficient (Wildman–Crippen LogP) is 4.09. The Morgan fingerprint density at radius 3 is 2.75 bits per heavy atom. The lowest BCUT2D eigenvalue weighted by atomic mass is 10.0. The molecule has 1 atom stereocenters. The molecule has 0 bridgehead atoms. The zero-order chi connectivity index (χ0) is 13.9. The van der Waals surface area contributed by atoms with Crippen LogP contribution in [0.2, 0.25) is 0 Å². The highest BCUT2D eigenvalue weighted by Crippen LogP contribution is 2.35. The van der Waals surface area contributed by atoms with E-state index in [0.29, 0.717) is 0 Å². The van der Waals surface area contributed by atoms with Gasteiger partial charge in [0.25, 0.3) is 0 Å². The third-order valence-corrected chi connectivity index (χ3v) is 4.78. The molecule has 0 aliphatic heterocycles. The fraction of sp³-hybridized carbons (Fsp3) is 0.294. The summed E-state index contributed by atoms with van der Waals surface area (Å²) in [5.41, 5.74) is 1.01. The maximum absolute atomic E-state index is 10.3. The molecule has 0 amide bonds. The van der Waals surface area contributed by atoms with Crippen molar-refractivity contribution in [3.8, 4) is 0 Å². The molecular formula is C17H19NOS. The summed E-state index contributed by atoms with van der Waals surface area (Å²) in [4.78, 5) is 0. The first-order valence-corrected chi connectivity index (χ1v) is 7.91. The highest BCUT2D eigenvalue weighted by Gasteiger charge is 2.10. The lowest BCUT2D eigenvalue weighted by molar-refractivity contribution is 0.167. The van der Waals surface area contributed by atoms with Crippen molar-refractivity contribution in [2.24, 2.45) is 0 Å². The van der Waals surface area contributed by atoms with Crippen LogP contribution in [0.4, 0.5) is 0 Å². The summed E-state index contributed by atoms with van der Waals surface area (Å²) < 4.78 is 2.59. The van der Waals surface area contributed by atoms with Crippen molar-refractivity contribution in [2.45, 2.75) is 19.4 Å². The molecule has 3 heteroatoms. The molecule has 3 aromatic rings. The Hall–Kier alpha value is -1.42. The molecule has 2 N–H and O–H groups in total. The predicted molar refractivity (Wildman–Crippen MR) is 87.5 cm³/mol. The molecule has 0 saturated carbocycles. The fourth-order valence-corrected chi connectivity index (χ4v) is 3.62. The van der Waals surface area contributed by atoms with E-state index in [4.69, 9.17) is 0 Å². The molecule has 3 rings (SSSR count). The van der Waals surface area contributed by atoms with Gasteiger partial charge in [0.05, 0.1) is 6.10 Å². The third kappa shape index (κ3) is 2.57. The lowest BCUT2D eigenvalue weighted by Crippen LogP contribution is -2.16. The van der Waals surface area contributed by atoms with E-state index in [1.165, 1.54) is 20.2 Å². The number of hydrogen-bond donors (Lipinski definition) is 2. The quantitative estimate of drug-likeness (QED) is 0.692. The highest BCUT2D eigenvalue weighted by atomic mass is 32.1. The van der Waals surface area contributed by atoms with E-state index in [-0.39, 0.29) is 0 Å². The van der Waals surface area contributed by atoms with E-state index >= 15 is 0 Å². The molecule has 0 radical (unpaired) electrons. The molecule has 1 heterocycles. The standard InChI is InChI=1S/C17H19NOS/c1-2-18-10-9-15(19)12-7-8-17-14(11-12)13-5-3-4-6-16(13)20-17/h3-8,11,15,18-19H,2,9-10H2,1H3. The summed E-state index contributed by atoms with van der Waals surface area (Å²) in [7, 11) is 0. The van der Waals surface area contributed by atoms with Gasteiger partial charge < -0.3 is 10.4 Å². The average molecular weight is 285 g/mol. The maximum atomic E-state index is 10.3. The average Bonchev–Trinajstić information content (AvgIpc) is 2.85. The zero-order valence-electron chi connectivity index (χ0n) is 11.6. The highest BCUT2D eigenvalue weighted by molar-refractivity contribution is 7.25. The van der Waals surface area contributed by atoms with Crippen LogP contribution in [0.15, 0.2) is 42.5 Å². The molecule has 2 aromatic carbocycles. The molecular weight excluding hydrogens is 266 g/mol. The van der Waals surface area contributed by atoms with Crippen LogP contribution < -0.4 is 5.32 Å². The molecule has 0 fully saturated rings. The Kier molecular flexibility index (Phi) is 4.01. The first-order chi connectivity index (χ1) is 9.79. The zero-order valence-corrected chi connectivity index (χ0v) is 12.4. The Morgan fingerprint density at radius 1 is 1.10 bits per heavy atom. The molecule has 0 aliphatic carbocycles. The van der Waals surface area contributed by atoms with Crippen LogP contribution in [-0.4, -0.2) is 18.2 Å². The number of fused-ring (bicyclic) bond motifs is 3. The van der Waals surface area contributed by atoms with Gasteiger partial charge in [-0.05, 0) is 43.3 Å². The number of aliphatic hydroxyl groups excluding tert-OH is 1. The van der Waals surface area contributed by atoms with Crippen LogP contribution in [0.5, 0.6) is 0 Å². The summed E-state index contributed by atoms with van der Waals surface area (Å²) >= 11 is 1.81. The lowest BCUT2D eigenvalue weighted by Gasteiger charge is -2.11. The molecule has 20 heavy (non-hydrogen) atoms. The maximum Gasteiger partial charge on any atom is 0.0802 e. The molecule has 0 aliphatic rings. The Bertz CT molecular complexity index is 719. The minimum absolute atomic E-state index is 0.392. The van der Waals surface area contributed by atoms with Gasteiger partial charge in [-0.15, -0.1) is 11.3 Å². The summed E-state index contributed by atoms with van der Waals surface area (Å²) in [5, 5.41) is 16.1. The smallest absolute Gasteiger partial charge is 0.0802 e. The van der Waals surface area contributed by atoms with Crippen LogP contribution in [0.25, 0.3) is 20.2 Å². The molecule has 1 aromatic heterocycles. The van der Waals surface area contributed by atoms with Gasteiger partial charge in [0, 0.05) is 20.2 Å². The van der Waals surface area contributed by atoms with Gasteiger partial charge in [-0.1, -0.05) is 31.2 Å². The number of nitrogens with one attached hydrogen (secondary N) is 1. The van der Waals surface area contributed by atoms with Crippen LogP contribution in [0.3, 0.4) is 0 Å². The van der Waals surface area contributed by atoms with E-state index in [9.17, 15) is 5.11 Å². The Labute approximate surface area is 123 Å². The minimum Gasteiger partial charge on any atom is -0.388 e. The van der Waals surface area contributed by atoms with Gasteiger partial charge in [-0.25, -0.2) is 0 Å². The van der Waals surface area contributed by atoms with Crippen molar-refractivity contribution < 1.29 is 5.11 Å². The minimum atomic E-state index is -0.392. The van der Waals surface area contributed by atoms with E-state index < -0.39 is 6.10 Å². The number of thiophene rings is 1. The Morgan fingerprint density at radius 2 is 1.90 bits per heavy atom. The van der Waals surface area contributed by atoms with Gasteiger partial charge in [-0.2, -0.15) is 0 Å². The summed E-state index contributed by atoms with van der Waals surface area (Å²) in [6.07, 6.45) is 0.360. The van der Waals surface area contributed by atoms with Crippen molar-refractivity contribution in [3.05, 3.63) is 48.0 Å². The Balaban J connectivity index is 1.95. The second-order valence-electron chi connectivity index (χ2n) is 5.01. The van der Waals surface area contributed by atoms with Crippen molar-refractivity contribution >= 4 is 31.5 Å². The van der Waals surface area contributed by atoms with E-state index in [1.54, 1.807) is 0 Å². The number of aliphatic hydroxyl groups is 1. The molecule has 0 spiro atoms. The van der Waals surface area contributed by atoms with E-state index in [2.05, 4.69) is 48.6 Å². The monoisotopic (exact) mass is 285 g/mol. The van der Waals surface area contributed by atoms with Crippen molar-refractivity contribution in [3.63, 3.8) is 0 Å². The van der Waals surface area contributed by atoms with Gasteiger partial charge >= 0.3 is 0 Å². The molecule has 1 unspecified atom stereocenters. The van der Waals surface area contributed by atoms with Crippen molar-refractivity contribution in [1.82, 2.24) is 5.32 Å². The topological polar surface area (TPSA) is 32.3 Å². The van der Waals surface area contributed by atoms with Crippen LogP contribution in [0, 0.1) is 0 Å². The number of rotatable bonds is 5. The number of hydrogen-bond acceptors (Lipinski definition) is 3. The SMILES string of the molecule is CCNCCC(O)c1ccc2sc3ccccc3c2c1. The second-order valence-corrected chi connectivity index (χ2v) is 6.10. The summed E-state index contributed by atoms with van der Waals surface area (Å²) in [6.45, 7) is 3.87. The molecule has 2 nitrogen and oxygen atoms in total. The first kappa shape index (κ1) is 13.6. The number of benzene rings is 2. The summed E-state index contributed by atoms with van der Waals surface area (Å²) in [6, 6.07) is 14.8. The van der Waals surface area contributed by atoms with Crippen LogP contribution in [0.1, 0.15) is 25.0 Å². The van der Waals surface area contributed by atoms with Crippen molar-refractivity contribution in [1.29, 1.82) is 0 Å². The second kappa shape index (κ2) is 5.92. The summed E-state index contributed by atoms with van der Waals surface area (Å²) in [5.74, 6) is 0. The third-order valence-electron chi connectivity index (χ3n) is 3.63. The van der Waals surface area contributed by atoms with Gasteiger partial charge in [0.1, 0.15) is 0 Å². The van der Waals surface area contributed by atoms with E-state index in [0.717, 1.165) is 25.1 Å². The van der Waals surface area contributed by atoms with Crippen LogP contribution in [-0.2, 0) is 0 Å². The van der Waals surface area contributed by atoms with Crippen molar-refractivity contribution in [2.75, 3.05) is 13.1 Å². The molecule has 0 saturated heterocycles. The first-order valence-electron chi connectivity index (χ1n) is 7.09. The van der Waals surface area contributed by atoms with Gasteiger partial charge in [-0.3, -0.25) is 0 Å². The largest absolute Gasteiger partial charge is 0.388 e. The van der Waals surface area contributed by atoms with Crippen LogP contribution >= 0.6 is 11.3 Å².